The number of hydrogen-bond acceptors (Lipinski definition) is 6. The summed E-state index contributed by atoms with van der Waals surface area (Å²) in [6.07, 6.45) is 1.73. The molecule has 6 nitrogen and oxygen atoms in total. The van der Waals surface area contributed by atoms with Crippen molar-refractivity contribution < 1.29 is 28.6 Å². The average Bonchev–Trinajstić information content (AvgIpc) is 2.47. The largest absolute Gasteiger partial charge is 0.465 e. The summed E-state index contributed by atoms with van der Waals surface area (Å²) < 4.78 is 15.2. The van der Waals surface area contributed by atoms with E-state index in [-0.39, 0.29) is 32.0 Å². The highest BCUT2D eigenvalue weighted by Crippen LogP contribution is 2.17. The fourth-order valence-corrected chi connectivity index (χ4v) is 2.05. The van der Waals surface area contributed by atoms with Crippen molar-refractivity contribution in [3.05, 3.63) is 0 Å². The molecule has 0 bridgehead atoms. The molecule has 0 saturated heterocycles. The molecule has 0 fully saturated rings. The monoisotopic (exact) mass is 316 g/mol. The maximum atomic E-state index is 12.3. The molecule has 0 radical (unpaired) electrons. The van der Waals surface area contributed by atoms with Crippen LogP contribution >= 0.6 is 0 Å². The second kappa shape index (κ2) is 12.1. The van der Waals surface area contributed by atoms with Gasteiger partial charge in [-0.25, -0.2) is 0 Å². The maximum Gasteiger partial charge on any atom is 0.323 e. The van der Waals surface area contributed by atoms with E-state index < -0.39 is 24.0 Å². The van der Waals surface area contributed by atoms with Gasteiger partial charge in [0.2, 0.25) is 0 Å². The summed E-state index contributed by atoms with van der Waals surface area (Å²) in [7, 11) is 0. The van der Waals surface area contributed by atoms with Crippen LogP contribution in [0.2, 0.25) is 0 Å². The molecule has 0 heterocycles. The third-order valence-electron chi connectivity index (χ3n) is 3.07. The predicted molar refractivity (Wildman–Crippen MR) is 81.3 cm³/mol. The van der Waals surface area contributed by atoms with Crippen molar-refractivity contribution in [3.8, 4) is 0 Å². The van der Waals surface area contributed by atoms with E-state index in [1.54, 1.807) is 20.8 Å². The molecule has 0 rings (SSSR count). The number of Topliss-reactive ketones (excluding diaryl/α,β-unsaturated/α-hetero) is 1. The van der Waals surface area contributed by atoms with E-state index in [1.165, 1.54) is 0 Å². The molecule has 0 aromatic heterocycles. The molecule has 128 valence electrons. The van der Waals surface area contributed by atoms with Crippen LogP contribution < -0.4 is 0 Å². The summed E-state index contributed by atoms with van der Waals surface area (Å²) in [5.41, 5.74) is 0. The molecule has 0 aliphatic carbocycles. The number of carbonyl (C=O) groups excluding carboxylic acids is 3. The number of rotatable bonds is 12. The number of esters is 2. The zero-order valence-corrected chi connectivity index (χ0v) is 14.1. The Bertz CT molecular complexity index is 335. The highest BCUT2D eigenvalue weighted by molar-refractivity contribution is 6.01. The van der Waals surface area contributed by atoms with Crippen molar-refractivity contribution >= 4 is 17.7 Å². The summed E-state index contributed by atoms with van der Waals surface area (Å²) >= 11 is 0. The Hall–Kier alpha value is -1.43. The quantitative estimate of drug-likeness (QED) is 0.312. The third kappa shape index (κ3) is 7.02. The van der Waals surface area contributed by atoms with Crippen molar-refractivity contribution in [2.24, 2.45) is 5.92 Å². The zero-order chi connectivity index (χ0) is 17.0. The molecule has 1 atom stereocenters. The minimum Gasteiger partial charge on any atom is -0.465 e. The van der Waals surface area contributed by atoms with Gasteiger partial charge in [0.1, 0.15) is 6.10 Å². The smallest absolute Gasteiger partial charge is 0.323 e. The average molecular weight is 316 g/mol. The standard InChI is InChI=1S/C16H28O6/c1-5-9-10-11-12(17)14(20-6-2)13(15(18)21-7-3)16(19)22-8-4/h13-14H,5-11H2,1-4H3. The lowest BCUT2D eigenvalue weighted by Gasteiger charge is -2.23. The van der Waals surface area contributed by atoms with Gasteiger partial charge in [0.25, 0.3) is 0 Å². The van der Waals surface area contributed by atoms with Crippen LogP contribution in [0.5, 0.6) is 0 Å². The number of unbranched alkanes of at least 4 members (excludes halogenated alkanes) is 2. The van der Waals surface area contributed by atoms with Gasteiger partial charge in [-0.1, -0.05) is 19.8 Å². The Labute approximate surface area is 132 Å². The highest BCUT2D eigenvalue weighted by Gasteiger charge is 2.41. The SMILES string of the molecule is CCCCCC(=O)C(OCC)C(C(=O)OCC)C(=O)OCC. The number of ketones is 1. The number of ether oxygens (including phenoxy) is 3. The number of hydrogen-bond donors (Lipinski definition) is 0. The molecule has 0 spiro atoms. The van der Waals surface area contributed by atoms with Crippen molar-refractivity contribution in [3.63, 3.8) is 0 Å². The van der Waals surface area contributed by atoms with Crippen LogP contribution in [0.4, 0.5) is 0 Å². The van der Waals surface area contributed by atoms with E-state index in [0.29, 0.717) is 6.42 Å². The molecule has 0 aromatic carbocycles. The topological polar surface area (TPSA) is 78.9 Å². The third-order valence-corrected chi connectivity index (χ3v) is 3.07. The predicted octanol–water partition coefficient (Wildman–Crippen LogP) is 2.28. The van der Waals surface area contributed by atoms with Gasteiger partial charge in [0.05, 0.1) is 13.2 Å². The van der Waals surface area contributed by atoms with E-state index in [9.17, 15) is 14.4 Å². The van der Waals surface area contributed by atoms with E-state index in [4.69, 9.17) is 14.2 Å². The van der Waals surface area contributed by atoms with Crippen LogP contribution in [0.3, 0.4) is 0 Å². The first-order valence-electron chi connectivity index (χ1n) is 8.00. The van der Waals surface area contributed by atoms with Gasteiger partial charge < -0.3 is 14.2 Å². The van der Waals surface area contributed by atoms with Crippen LogP contribution in [-0.4, -0.2) is 43.6 Å². The second-order valence-electron chi connectivity index (χ2n) is 4.78. The second-order valence-corrected chi connectivity index (χ2v) is 4.78. The first-order chi connectivity index (χ1) is 10.5. The molecule has 0 amide bonds. The molecule has 22 heavy (non-hydrogen) atoms. The van der Waals surface area contributed by atoms with Gasteiger partial charge in [-0.3, -0.25) is 14.4 Å². The van der Waals surface area contributed by atoms with Crippen LogP contribution in [0.1, 0.15) is 53.4 Å². The van der Waals surface area contributed by atoms with Crippen molar-refractivity contribution in [2.45, 2.75) is 59.5 Å². The highest BCUT2D eigenvalue weighted by atomic mass is 16.6. The van der Waals surface area contributed by atoms with E-state index in [1.807, 2.05) is 6.92 Å². The summed E-state index contributed by atoms with van der Waals surface area (Å²) in [5, 5.41) is 0. The molecular formula is C16H28O6. The fraction of sp³-hybridized carbons (Fsp3) is 0.812. The van der Waals surface area contributed by atoms with E-state index in [2.05, 4.69) is 0 Å². The molecule has 0 aliphatic rings. The molecule has 1 unspecified atom stereocenters. The van der Waals surface area contributed by atoms with Crippen molar-refractivity contribution in [2.75, 3.05) is 19.8 Å². The fourth-order valence-electron chi connectivity index (χ4n) is 2.05. The van der Waals surface area contributed by atoms with Crippen LogP contribution in [0.15, 0.2) is 0 Å². The van der Waals surface area contributed by atoms with E-state index in [0.717, 1.165) is 12.8 Å². The lowest BCUT2D eigenvalue weighted by Crippen LogP contribution is -2.44. The molecule has 6 heteroatoms. The Kier molecular flexibility index (Phi) is 11.4. The Morgan fingerprint density at radius 3 is 1.77 bits per heavy atom. The van der Waals surface area contributed by atoms with Gasteiger partial charge in [-0.05, 0) is 27.2 Å². The van der Waals surface area contributed by atoms with Crippen LogP contribution in [0.25, 0.3) is 0 Å². The van der Waals surface area contributed by atoms with Gasteiger partial charge >= 0.3 is 11.9 Å². The maximum absolute atomic E-state index is 12.3. The Morgan fingerprint density at radius 2 is 1.36 bits per heavy atom. The Morgan fingerprint density at radius 1 is 0.818 bits per heavy atom. The van der Waals surface area contributed by atoms with Gasteiger partial charge in [-0.2, -0.15) is 0 Å². The first-order valence-corrected chi connectivity index (χ1v) is 8.00. The number of carbonyl (C=O) groups is 3. The van der Waals surface area contributed by atoms with Crippen molar-refractivity contribution in [1.29, 1.82) is 0 Å². The first kappa shape index (κ1) is 20.6. The molecule has 0 aliphatic heterocycles. The molecule has 0 aromatic rings. The van der Waals surface area contributed by atoms with E-state index >= 15 is 0 Å². The van der Waals surface area contributed by atoms with Gasteiger partial charge in [0, 0.05) is 13.0 Å². The lowest BCUT2D eigenvalue weighted by molar-refractivity contribution is -0.172. The Balaban J connectivity index is 5.14. The molecule has 0 N–H and O–H groups in total. The lowest BCUT2D eigenvalue weighted by atomic mass is 9.95. The summed E-state index contributed by atoms with van der Waals surface area (Å²) in [6, 6.07) is 0. The summed E-state index contributed by atoms with van der Waals surface area (Å²) in [4.78, 5) is 36.4. The van der Waals surface area contributed by atoms with Crippen LogP contribution in [-0.2, 0) is 28.6 Å². The normalized spacial score (nSPS) is 12.0. The summed E-state index contributed by atoms with van der Waals surface area (Å²) in [6.45, 7) is 7.48. The minimum atomic E-state index is -1.35. The van der Waals surface area contributed by atoms with Crippen molar-refractivity contribution in [1.82, 2.24) is 0 Å². The van der Waals surface area contributed by atoms with Crippen LogP contribution in [0, 0.1) is 5.92 Å². The van der Waals surface area contributed by atoms with Gasteiger partial charge in [0.15, 0.2) is 11.7 Å². The minimum absolute atomic E-state index is 0.123. The molecule has 0 saturated carbocycles. The van der Waals surface area contributed by atoms with Gasteiger partial charge in [-0.15, -0.1) is 0 Å². The molecular weight excluding hydrogens is 288 g/mol. The summed E-state index contributed by atoms with van der Waals surface area (Å²) in [5.74, 6) is -3.16. The zero-order valence-electron chi connectivity index (χ0n) is 14.1.